The molecule has 0 radical (unpaired) electrons. The number of unbranched alkanes of at least 4 members (excludes halogenated alkanes) is 1. The van der Waals surface area contributed by atoms with Crippen molar-refractivity contribution in [3.05, 3.63) is 59.4 Å². The molecule has 2 unspecified atom stereocenters. The Morgan fingerprint density at radius 3 is 2.64 bits per heavy atom. The van der Waals surface area contributed by atoms with Crippen molar-refractivity contribution in [1.29, 1.82) is 5.26 Å². The Morgan fingerprint density at radius 2 is 2.00 bits per heavy atom. The molecule has 4 heteroatoms. The molecule has 0 saturated heterocycles. The molecular weight excluding hydrogens is 281 g/mol. The minimum absolute atomic E-state index is 0.0677. The van der Waals surface area contributed by atoms with Crippen molar-refractivity contribution in [2.24, 2.45) is 5.41 Å². The van der Waals surface area contributed by atoms with Gasteiger partial charge in [-0.05, 0) is 36.5 Å². The standard InChI is InChI=1S/C18H20FNO2/c19-16-8-2-1-7-15(16)17-14(12-22)6-5-10-18(17,13-20)9-3-4-11-21/h1-2,5-8,10,17,21-22H,3-4,9,11-12H2. The molecule has 1 aromatic rings. The summed E-state index contributed by atoms with van der Waals surface area (Å²) in [7, 11) is 0. The highest BCUT2D eigenvalue weighted by molar-refractivity contribution is 5.43. The maximum absolute atomic E-state index is 14.3. The van der Waals surface area contributed by atoms with Gasteiger partial charge in [0.05, 0.1) is 18.1 Å². The number of nitriles is 1. The lowest BCUT2D eigenvalue weighted by atomic mass is 9.64. The fourth-order valence-electron chi connectivity index (χ4n) is 3.11. The second-order valence-corrected chi connectivity index (χ2v) is 5.55. The van der Waals surface area contributed by atoms with Gasteiger partial charge < -0.3 is 10.2 Å². The number of benzene rings is 1. The van der Waals surface area contributed by atoms with E-state index in [0.717, 1.165) is 0 Å². The number of nitrogens with zero attached hydrogens (tertiary/aromatic N) is 1. The van der Waals surface area contributed by atoms with Crippen molar-refractivity contribution in [1.82, 2.24) is 0 Å². The first kappa shape index (κ1) is 16.4. The summed E-state index contributed by atoms with van der Waals surface area (Å²) in [6.07, 6.45) is 7.07. The van der Waals surface area contributed by atoms with Crippen LogP contribution in [0.15, 0.2) is 48.1 Å². The van der Waals surface area contributed by atoms with Crippen LogP contribution in [0.3, 0.4) is 0 Å². The highest BCUT2D eigenvalue weighted by Crippen LogP contribution is 2.48. The molecule has 0 spiro atoms. The average Bonchev–Trinajstić information content (AvgIpc) is 2.55. The Hall–Kier alpha value is -1.96. The van der Waals surface area contributed by atoms with Gasteiger partial charge in [0.2, 0.25) is 0 Å². The van der Waals surface area contributed by atoms with Crippen LogP contribution in [0.1, 0.15) is 30.7 Å². The third-order valence-corrected chi connectivity index (χ3v) is 4.20. The maximum Gasteiger partial charge on any atom is 0.127 e. The molecular formula is C18H20FNO2. The Balaban J connectivity index is 2.47. The van der Waals surface area contributed by atoms with E-state index in [4.69, 9.17) is 5.11 Å². The molecule has 2 atom stereocenters. The van der Waals surface area contributed by atoms with Crippen molar-refractivity contribution < 1.29 is 14.6 Å². The fraction of sp³-hybridized carbons (Fsp3) is 0.389. The smallest absolute Gasteiger partial charge is 0.127 e. The van der Waals surface area contributed by atoms with Crippen LogP contribution >= 0.6 is 0 Å². The normalized spacial score (nSPS) is 23.9. The van der Waals surface area contributed by atoms with Crippen molar-refractivity contribution in [3.8, 4) is 6.07 Å². The van der Waals surface area contributed by atoms with Gasteiger partial charge in [-0.3, -0.25) is 0 Å². The Bertz CT molecular complexity index is 618. The minimum atomic E-state index is -0.899. The summed E-state index contributed by atoms with van der Waals surface area (Å²) < 4.78 is 14.3. The molecule has 116 valence electrons. The second-order valence-electron chi connectivity index (χ2n) is 5.55. The number of allylic oxidation sites excluding steroid dienone is 3. The van der Waals surface area contributed by atoms with Crippen LogP contribution in [0.25, 0.3) is 0 Å². The van der Waals surface area contributed by atoms with Crippen LogP contribution in [0.2, 0.25) is 0 Å². The van der Waals surface area contributed by atoms with E-state index in [2.05, 4.69) is 6.07 Å². The third kappa shape index (κ3) is 3.11. The fourth-order valence-corrected chi connectivity index (χ4v) is 3.11. The lowest BCUT2D eigenvalue weighted by Gasteiger charge is -2.36. The highest BCUT2D eigenvalue weighted by Gasteiger charge is 2.41. The van der Waals surface area contributed by atoms with Crippen LogP contribution in [0.5, 0.6) is 0 Å². The summed E-state index contributed by atoms with van der Waals surface area (Å²) in [5.41, 5.74) is 0.167. The van der Waals surface area contributed by atoms with Gasteiger partial charge in [0.25, 0.3) is 0 Å². The van der Waals surface area contributed by atoms with E-state index in [1.165, 1.54) is 6.07 Å². The van der Waals surface area contributed by atoms with Crippen molar-refractivity contribution >= 4 is 0 Å². The summed E-state index contributed by atoms with van der Waals surface area (Å²) >= 11 is 0. The van der Waals surface area contributed by atoms with Crippen LogP contribution in [-0.2, 0) is 0 Å². The van der Waals surface area contributed by atoms with Gasteiger partial charge in [-0.1, -0.05) is 36.4 Å². The van der Waals surface area contributed by atoms with E-state index >= 15 is 0 Å². The number of hydrogen-bond donors (Lipinski definition) is 2. The quantitative estimate of drug-likeness (QED) is 0.794. The molecule has 3 nitrogen and oxygen atoms in total. The molecule has 0 bridgehead atoms. The average molecular weight is 301 g/mol. The first-order valence-electron chi connectivity index (χ1n) is 7.44. The van der Waals surface area contributed by atoms with Gasteiger partial charge >= 0.3 is 0 Å². The van der Waals surface area contributed by atoms with E-state index < -0.39 is 11.3 Å². The largest absolute Gasteiger partial charge is 0.396 e. The first-order chi connectivity index (χ1) is 10.7. The second kappa shape index (κ2) is 7.35. The molecule has 0 aromatic heterocycles. The van der Waals surface area contributed by atoms with Crippen LogP contribution in [-0.4, -0.2) is 23.4 Å². The molecule has 0 amide bonds. The van der Waals surface area contributed by atoms with E-state index in [1.54, 1.807) is 36.4 Å². The third-order valence-electron chi connectivity index (χ3n) is 4.20. The van der Waals surface area contributed by atoms with Crippen molar-refractivity contribution in [3.63, 3.8) is 0 Å². The predicted octanol–water partition coefficient (Wildman–Crippen LogP) is 3.07. The van der Waals surface area contributed by atoms with Crippen LogP contribution < -0.4 is 0 Å². The molecule has 1 aliphatic carbocycles. The van der Waals surface area contributed by atoms with Gasteiger partial charge in [0.1, 0.15) is 5.82 Å². The number of hydrogen-bond acceptors (Lipinski definition) is 3. The lowest BCUT2D eigenvalue weighted by molar-refractivity contribution is 0.263. The Morgan fingerprint density at radius 1 is 1.23 bits per heavy atom. The van der Waals surface area contributed by atoms with E-state index in [1.807, 2.05) is 0 Å². The number of aliphatic hydroxyl groups is 2. The summed E-state index contributed by atoms with van der Waals surface area (Å²) in [4.78, 5) is 0. The minimum Gasteiger partial charge on any atom is -0.396 e. The summed E-state index contributed by atoms with van der Waals surface area (Å²) in [6, 6.07) is 8.72. The van der Waals surface area contributed by atoms with E-state index in [9.17, 15) is 14.8 Å². The molecule has 0 saturated carbocycles. The summed E-state index contributed by atoms with van der Waals surface area (Å²) in [5.74, 6) is -0.878. The first-order valence-corrected chi connectivity index (χ1v) is 7.44. The molecule has 0 heterocycles. The van der Waals surface area contributed by atoms with Gasteiger partial charge in [-0.15, -0.1) is 0 Å². The molecule has 1 aliphatic rings. The molecule has 22 heavy (non-hydrogen) atoms. The Kier molecular flexibility index (Phi) is 5.48. The molecule has 1 aromatic carbocycles. The zero-order valence-electron chi connectivity index (χ0n) is 12.4. The summed E-state index contributed by atoms with van der Waals surface area (Å²) in [5, 5.41) is 28.4. The number of aliphatic hydroxyl groups excluding tert-OH is 2. The predicted molar refractivity (Wildman–Crippen MR) is 82.4 cm³/mol. The van der Waals surface area contributed by atoms with E-state index in [-0.39, 0.29) is 19.0 Å². The van der Waals surface area contributed by atoms with E-state index in [0.29, 0.717) is 30.4 Å². The van der Waals surface area contributed by atoms with Crippen LogP contribution in [0.4, 0.5) is 4.39 Å². The molecule has 0 aliphatic heterocycles. The molecule has 0 fully saturated rings. The van der Waals surface area contributed by atoms with Gasteiger partial charge in [0, 0.05) is 12.5 Å². The summed E-state index contributed by atoms with van der Waals surface area (Å²) in [6.45, 7) is -0.148. The highest BCUT2D eigenvalue weighted by atomic mass is 19.1. The SMILES string of the molecule is N#CC1(CCCCO)C=CC=C(CO)C1c1ccccc1F. The van der Waals surface area contributed by atoms with Gasteiger partial charge in [-0.2, -0.15) is 5.26 Å². The number of rotatable bonds is 6. The monoisotopic (exact) mass is 301 g/mol. The van der Waals surface area contributed by atoms with Gasteiger partial charge in [-0.25, -0.2) is 4.39 Å². The Labute approximate surface area is 130 Å². The van der Waals surface area contributed by atoms with Crippen molar-refractivity contribution in [2.45, 2.75) is 25.2 Å². The molecule has 2 N–H and O–H groups in total. The zero-order chi connectivity index (χ0) is 16.0. The lowest BCUT2D eigenvalue weighted by Crippen LogP contribution is -2.30. The topological polar surface area (TPSA) is 64.2 Å². The zero-order valence-corrected chi connectivity index (χ0v) is 12.4. The van der Waals surface area contributed by atoms with Crippen LogP contribution in [0, 0.1) is 22.6 Å². The maximum atomic E-state index is 14.3. The number of halogens is 1. The van der Waals surface area contributed by atoms with Crippen molar-refractivity contribution in [2.75, 3.05) is 13.2 Å². The molecule has 2 rings (SSSR count). The van der Waals surface area contributed by atoms with Gasteiger partial charge in [0.15, 0.2) is 0 Å².